The predicted molar refractivity (Wildman–Crippen MR) is 136 cm³/mol. The van der Waals surface area contributed by atoms with Crippen LogP contribution in [0.4, 0.5) is 0 Å². The monoisotopic (exact) mass is 467 g/mol. The number of amides is 1. The summed E-state index contributed by atoms with van der Waals surface area (Å²) < 4.78 is 2.16. The number of rotatable bonds is 6. The molecule has 1 N–H and O–H groups in total. The summed E-state index contributed by atoms with van der Waals surface area (Å²) in [5.41, 5.74) is 3.56. The number of nitrogens with zero attached hydrogens (tertiary/aromatic N) is 2. The second kappa shape index (κ2) is 7.91. The van der Waals surface area contributed by atoms with Crippen LogP contribution in [0.3, 0.4) is 0 Å². The highest BCUT2D eigenvalue weighted by atomic mass is 16.2. The number of Topliss-reactive ketones (excluding diaryl/α,β-unsaturated/α-hetero) is 1. The molecule has 2 heterocycles. The predicted octanol–water partition coefficient (Wildman–Crippen LogP) is 5.80. The second-order valence-electron chi connectivity index (χ2n) is 11.4. The van der Waals surface area contributed by atoms with Gasteiger partial charge in [-0.2, -0.15) is 0 Å². The first-order valence-corrected chi connectivity index (χ1v) is 12.9. The van der Waals surface area contributed by atoms with Crippen molar-refractivity contribution in [2.24, 2.45) is 10.8 Å². The third-order valence-corrected chi connectivity index (χ3v) is 9.22. The average Bonchev–Trinajstić information content (AvgIpc) is 3.48. The minimum atomic E-state index is -0.423. The first-order valence-electron chi connectivity index (χ1n) is 12.9. The molecule has 3 fully saturated rings. The molecule has 1 atom stereocenters. The highest BCUT2D eigenvalue weighted by Gasteiger charge is 2.55. The fraction of sp³-hybridized carbons (Fsp3) is 0.433. The quantitative estimate of drug-likeness (QED) is 0.498. The molecule has 1 amide bonds. The van der Waals surface area contributed by atoms with Gasteiger partial charge in [-0.3, -0.25) is 9.59 Å². The molecule has 0 radical (unpaired) electrons. The number of nitrogens with one attached hydrogen (secondary N) is 1. The maximum Gasteiger partial charge on any atom is 0.226 e. The van der Waals surface area contributed by atoms with E-state index in [2.05, 4.69) is 59.0 Å². The number of hydrogen-bond donors (Lipinski definition) is 1. The molecule has 3 aromatic rings. The molecule has 3 saturated carbocycles. The van der Waals surface area contributed by atoms with E-state index in [9.17, 15) is 9.59 Å². The number of hydrogen-bond acceptors (Lipinski definition) is 3. The van der Waals surface area contributed by atoms with Crippen LogP contribution in [0.15, 0.2) is 67.1 Å². The van der Waals surface area contributed by atoms with E-state index < -0.39 is 5.54 Å². The third-order valence-electron chi connectivity index (χ3n) is 9.22. The van der Waals surface area contributed by atoms with Crippen molar-refractivity contribution in [3.63, 3.8) is 0 Å². The van der Waals surface area contributed by atoms with Gasteiger partial charge in [0.2, 0.25) is 5.91 Å². The standard InChI is InChI=1S/C30H33N3O2/c1-28(2,21-8-4-3-5-9-21)32-27(35)30-15-12-29(13-16-30,14-17-30)26(34)18-24-22-10-6-7-11-23(22)25-19-31-20-33(24)25/h3-11,19-20,24H,12-18H2,1-2H3,(H,32,35). The van der Waals surface area contributed by atoms with Crippen LogP contribution in [0.1, 0.15) is 76.0 Å². The maximum absolute atomic E-state index is 13.8. The summed E-state index contributed by atoms with van der Waals surface area (Å²) in [5, 5.41) is 3.34. The van der Waals surface area contributed by atoms with Gasteiger partial charge in [0, 0.05) is 22.8 Å². The zero-order valence-corrected chi connectivity index (χ0v) is 20.6. The summed E-state index contributed by atoms with van der Waals surface area (Å²) in [4.78, 5) is 31.7. The van der Waals surface area contributed by atoms with Crippen molar-refractivity contribution in [2.75, 3.05) is 0 Å². The second-order valence-corrected chi connectivity index (χ2v) is 11.4. The fourth-order valence-corrected chi connectivity index (χ4v) is 6.82. The van der Waals surface area contributed by atoms with E-state index in [1.54, 1.807) is 0 Å². The first kappa shape index (κ1) is 22.3. The third kappa shape index (κ3) is 3.47. The van der Waals surface area contributed by atoms with Crippen LogP contribution >= 0.6 is 0 Å². The van der Waals surface area contributed by atoms with Crippen LogP contribution in [-0.2, 0) is 15.1 Å². The Bertz CT molecular complexity index is 1270. The largest absolute Gasteiger partial charge is 0.347 e. The van der Waals surface area contributed by atoms with Gasteiger partial charge in [0.1, 0.15) is 5.78 Å². The van der Waals surface area contributed by atoms with Crippen LogP contribution < -0.4 is 5.32 Å². The number of imidazole rings is 1. The lowest BCUT2D eigenvalue weighted by molar-refractivity contribution is -0.150. The summed E-state index contributed by atoms with van der Waals surface area (Å²) in [6.45, 7) is 4.14. The molecule has 0 saturated heterocycles. The molecule has 0 spiro atoms. The lowest BCUT2D eigenvalue weighted by atomic mass is 9.51. The average molecular weight is 468 g/mol. The normalized spacial score (nSPS) is 26.7. The maximum atomic E-state index is 13.8. The van der Waals surface area contributed by atoms with Gasteiger partial charge in [0.25, 0.3) is 0 Å². The minimum absolute atomic E-state index is 0.0224. The number of ketones is 1. The van der Waals surface area contributed by atoms with Gasteiger partial charge >= 0.3 is 0 Å². The number of carbonyl (C=O) groups excluding carboxylic acids is 2. The summed E-state index contributed by atoms with van der Waals surface area (Å²) in [6.07, 6.45) is 9.10. The number of fused-ring (bicyclic) bond motifs is 6. The SMILES string of the molecule is CC(C)(NC(=O)C12CCC(C(=O)CC3c4ccccc4-c4cncn43)(CC1)CC2)c1ccccc1. The highest BCUT2D eigenvalue weighted by Crippen LogP contribution is 2.58. The van der Waals surface area contributed by atoms with E-state index in [4.69, 9.17) is 0 Å². The Balaban J connectivity index is 1.16. The van der Waals surface area contributed by atoms with Gasteiger partial charge < -0.3 is 9.88 Å². The van der Waals surface area contributed by atoms with E-state index in [-0.39, 0.29) is 22.8 Å². The highest BCUT2D eigenvalue weighted by molar-refractivity contribution is 5.89. The van der Waals surface area contributed by atoms with Crippen molar-refractivity contribution < 1.29 is 9.59 Å². The summed E-state index contributed by atoms with van der Waals surface area (Å²) in [7, 11) is 0. The van der Waals surface area contributed by atoms with Crippen molar-refractivity contribution >= 4 is 11.7 Å². The van der Waals surface area contributed by atoms with Gasteiger partial charge in [-0.15, -0.1) is 0 Å². The number of carbonyl (C=O) groups is 2. The van der Waals surface area contributed by atoms with E-state index in [0.29, 0.717) is 12.2 Å². The van der Waals surface area contributed by atoms with Crippen LogP contribution in [0.25, 0.3) is 11.3 Å². The zero-order chi connectivity index (χ0) is 24.3. The van der Waals surface area contributed by atoms with E-state index >= 15 is 0 Å². The van der Waals surface area contributed by atoms with Crippen molar-refractivity contribution in [2.45, 2.75) is 70.4 Å². The molecule has 1 unspecified atom stereocenters. The Morgan fingerprint density at radius 2 is 1.57 bits per heavy atom. The Morgan fingerprint density at radius 1 is 0.943 bits per heavy atom. The molecule has 1 aromatic heterocycles. The molecule has 3 aliphatic carbocycles. The molecule has 2 aromatic carbocycles. The minimum Gasteiger partial charge on any atom is -0.347 e. The van der Waals surface area contributed by atoms with Crippen molar-refractivity contribution in [3.8, 4) is 11.3 Å². The van der Waals surface area contributed by atoms with Crippen molar-refractivity contribution in [3.05, 3.63) is 78.2 Å². The molecule has 180 valence electrons. The Hall–Kier alpha value is -3.21. The Kier molecular flexibility index (Phi) is 5.03. The summed E-state index contributed by atoms with van der Waals surface area (Å²) >= 11 is 0. The van der Waals surface area contributed by atoms with Crippen molar-refractivity contribution in [1.82, 2.24) is 14.9 Å². The molecule has 5 heteroatoms. The zero-order valence-electron chi connectivity index (χ0n) is 20.6. The smallest absolute Gasteiger partial charge is 0.226 e. The first-order chi connectivity index (χ1) is 16.8. The molecular weight excluding hydrogens is 434 g/mol. The molecular formula is C30H33N3O2. The van der Waals surface area contributed by atoms with E-state index in [0.717, 1.165) is 49.8 Å². The topological polar surface area (TPSA) is 64.0 Å². The van der Waals surface area contributed by atoms with Crippen LogP contribution in [0.2, 0.25) is 0 Å². The molecule has 1 aliphatic heterocycles. The van der Waals surface area contributed by atoms with Crippen LogP contribution in [0, 0.1) is 10.8 Å². The Labute approximate surface area is 207 Å². The summed E-state index contributed by atoms with van der Waals surface area (Å²) in [5.74, 6) is 0.511. The molecule has 35 heavy (non-hydrogen) atoms. The summed E-state index contributed by atoms with van der Waals surface area (Å²) in [6, 6.07) is 18.5. The lowest BCUT2D eigenvalue weighted by Gasteiger charge is -2.52. The van der Waals surface area contributed by atoms with Gasteiger partial charge in [0.05, 0.1) is 29.8 Å². The number of benzene rings is 2. The van der Waals surface area contributed by atoms with E-state index in [1.807, 2.05) is 36.8 Å². The van der Waals surface area contributed by atoms with Gasteiger partial charge in [-0.1, -0.05) is 54.6 Å². The number of aromatic nitrogens is 2. The van der Waals surface area contributed by atoms with Gasteiger partial charge in [0.15, 0.2) is 0 Å². The van der Waals surface area contributed by atoms with E-state index in [1.165, 1.54) is 11.1 Å². The van der Waals surface area contributed by atoms with Crippen molar-refractivity contribution in [1.29, 1.82) is 0 Å². The van der Waals surface area contributed by atoms with Gasteiger partial charge in [-0.05, 0) is 63.5 Å². The van der Waals surface area contributed by atoms with Crippen LogP contribution in [0.5, 0.6) is 0 Å². The fourth-order valence-electron chi connectivity index (χ4n) is 6.82. The molecule has 5 nitrogen and oxygen atoms in total. The van der Waals surface area contributed by atoms with Crippen LogP contribution in [-0.4, -0.2) is 21.2 Å². The lowest BCUT2D eigenvalue weighted by Crippen LogP contribution is -2.55. The molecule has 2 bridgehead atoms. The van der Waals surface area contributed by atoms with Gasteiger partial charge in [-0.25, -0.2) is 4.98 Å². The Morgan fingerprint density at radius 3 is 2.29 bits per heavy atom. The molecule has 7 rings (SSSR count). The molecule has 4 aliphatic rings.